The molecule has 0 saturated carbocycles. The van der Waals surface area contributed by atoms with Gasteiger partial charge >= 0.3 is 0 Å². The molecule has 0 bridgehead atoms. The van der Waals surface area contributed by atoms with Crippen molar-refractivity contribution in [3.63, 3.8) is 0 Å². The zero-order chi connectivity index (χ0) is 14.8. The number of aliphatic hydroxyl groups excluding tert-OH is 2. The summed E-state index contributed by atoms with van der Waals surface area (Å²) in [6, 6.07) is 5.57. The number of rotatable bonds is 9. The number of hydrogen-bond donors (Lipinski definition) is 4. The van der Waals surface area contributed by atoms with E-state index in [9.17, 15) is 4.79 Å². The molecule has 5 nitrogen and oxygen atoms in total. The van der Waals surface area contributed by atoms with Gasteiger partial charge in [0.1, 0.15) is 0 Å². The molecule has 0 heterocycles. The van der Waals surface area contributed by atoms with Crippen LogP contribution in [0.3, 0.4) is 0 Å². The van der Waals surface area contributed by atoms with Crippen molar-refractivity contribution >= 4 is 11.6 Å². The van der Waals surface area contributed by atoms with Crippen molar-refractivity contribution in [2.24, 2.45) is 0 Å². The first-order valence-corrected chi connectivity index (χ1v) is 7.04. The highest BCUT2D eigenvalue weighted by atomic mass is 16.3. The Kier molecular flexibility index (Phi) is 7.69. The van der Waals surface area contributed by atoms with Crippen LogP contribution in [0.2, 0.25) is 0 Å². The fourth-order valence-electron chi connectivity index (χ4n) is 1.97. The molecule has 5 heteroatoms. The van der Waals surface area contributed by atoms with Gasteiger partial charge < -0.3 is 20.8 Å². The zero-order valence-electron chi connectivity index (χ0n) is 12.0. The van der Waals surface area contributed by atoms with Crippen molar-refractivity contribution in [3.05, 3.63) is 29.3 Å². The van der Waals surface area contributed by atoms with Gasteiger partial charge in [0.05, 0.1) is 6.61 Å². The fourth-order valence-corrected chi connectivity index (χ4v) is 1.97. The maximum Gasteiger partial charge on any atom is 0.251 e. The zero-order valence-corrected chi connectivity index (χ0v) is 12.0. The molecular weight excluding hydrogens is 256 g/mol. The van der Waals surface area contributed by atoms with Crippen LogP contribution >= 0.6 is 0 Å². The topological polar surface area (TPSA) is 81.6 Å². The van der Waals surface area contributed by atoms with Crippen molar-refractivity contribution in [2.75, 3.05) is 31.6 Å². The van der Waals surface area contributed by atoms with E-state index >= 15 is 0 Å². The molecule has 1 aromatic rings. The average Bonchev–Trinajstić information content (AvgIpc) is 2.46. The van der Waals surface area contributed by atoms with Gasteiger partial charge in [-0.3, -0.25) is 4.79 Å². The minimum Gasteiger partial charge on any atom is -0.396 e. The van der Waals surface area contributed by atoms with Gasteiger partial charge in [-0.1, -0.05) is 6.07 Å². The smallest absolute Gasteiger partial charge is 0.251 e. The van der Waals surface area contributed by atoms with E-state index in [1.165, 1.54) is 0 Å². The second-order valence-electron chi connectivity index (χ2n) is 4.67. The number of carbonyl (C=O) groups is 1. The van der Waals surface area contributed by atoms with Gasteiger partial charge in [-0.05, 0) is 43.9 Å². The van der Waals surface area contributed by atoms with E-state index < -0.39 is 0 Å². The summed E-state index contributed by atoms with van der Waals surface area (Å²) in [6.07, 6.45) is 2.80. The summed E-state index contributed by atoms with van der Waals surface area (Å²) in [5.41, 5.74) is 2.48. The summed E-state index contributed by atoms with van der Waals surface area (Å²) in [5, 5.41) is 23.4. The van der Waals surface area contributed by atoms with Crippen molar-refractivity contribution < 1.29 is 15.0 Å². The highest BCUT2D eigenvalue weighted by Gasteiger charge is 2.10. The molecule has 0 aliphatic rings. The maximum absolute atomic E-state index is 11.9. The lowest BCUT2D eigenvalue weighted by molar-refractivity contribution is 0.0944. The van der Waals surface area contributed by atoms with Crippen LogP contribution < -0.4 is 10.6 Å². The van der Waals surface area contributed by atoms with Crippen molar-refractivity contribution in [3.8, 4) is 0 Å². The number of anilines is 1. The standard InChI is InChI=1S/C15H24N2O3/c1-12-13(15(20)17-9-11-19)6-5-7-14(12)16-8-3-2-4-10-18/h5-7,16,18-19H,2-4,8-11H2,1H3,(H,17,20). The van der Waals surface area contributed by atoms with E-state index in [0.29, 0.717) is 5.56 Å². The third-order valence-corrected chi connectivity index (χ3v) is 3.13. The second kappa shape index (κ2) is 9.34. The van der Waals surface area contributed by atoms with Crippen LogP contribution in [0.5, 0.6) is 0 Å². The van der Waals surface area contributed by atoms with Crippen molar-refractivity contribution in [1.29, 1.82) is 0 Å². The number of amides is 1. The summed E-state index contributed by atoms with van der Waals surface area (Å²) in [6.45, 7) is 3.16. The highest BCUT2D eigenvalue weighted by Crippen LogP contribution is 2.19. The molecule has 0 aliphatic carbocycles. The lowest BCUT2D eigenvalue weighted by atomic mass is 10.1. The monoisotopic (exact) mass is 280 g/mol. The summed E-state index contributed by atoms with van der Waals surface area (Å²) < 4.78 is 0. The van der Waals surface area contributed by atoms with E-state index in [1.54, 1.807) is 6.07 Å². The van der Waals surface area contributed by atoms with E-state index in [1.807, 2.05) is 19.1 Å². The molecule has 0 saturated heterocycles. The summed E-state index contributed by atoms with van der Waals surface area (Å²) in [7, 11) is 0. The van der Waals surface area contributed by atoms with E-state index in [2.05, 4.69) is 10.6 Å². The van der Waals surface area contributed by atoms with Crippen molar-refractivity contribution in [1.82, 2.24) is 5.32 Å². The van der Waals surface area contributed by atoms with Crippen LogP contribution in [-0.4, -0.2) is 42.4 Å². The number of hydrogen-bond acceptors (Lipinski definition) is 4. The Morgan fingerprint density at radius 2 is 1.90 bits per heavy atom. The van der Waals surface area contributed by atoms with Crippen LogP contribution in [0.15, 0.2) is 18.2 Å². The van der Waals surface area contributed by atoms with Gasteiger partial charge in [-0.2, -0.15) is 0 Å². The highest BCUT2D eigenvalue weighted by molar-refractivity contribution is 5.97. The molecule has 0 spiro atoms. The quantitative estimate of drug-likeness (QED) is 0.514. The molecule has 0 unspecified atom stereocenters. The largest absolute Gasteiger partial charge is 0.396 e. The molecule has 4 N–H and O–H groups in total. The first-order chi connectivity index (χ1) is 9.70. The Morgan fingerprint density at radius 1 is 1.10 bits per heavy atom. The summed E-state index contributed by atoms with van der Waals surface area (Å²) in [5.74, 6) is -0.166. The predicted molar refractivity (Wildman–Crippen MR) is 80.0 cm³/mol. The van der Waals surface area contributed by atoms with Crippen LogP contribution in [0.1, 0.15) is 35.2 Å². The third-order valence-electron chi connectivity index (χ3n) is 3.13. The molecule has 0 radical (unpaired) electrons. The Labute approximate surface area is 120 Å². The van der Waals surface area contributed by atoms with Gasteiger partial charge in [0.2, 0.25) is 0 Å². The van der Waals surface area contributed by atoms with Gasteiger partial charge in [0, 0.05) is 30.9 Å². The molecule has 1 rings (SSSR count). The van der Waals surface area contributed by atoms with E-state index in [4.69, 9.17) is 10.2 Å². The Hall–Kier alpha value is -1.59. The summed E-state index contributed by atoms with van der Waals surface area (Å²) in [4.78, 5) is 11.9. The molecule has 0 aromatic heterocycles. The number of unbranched alkanes of at least 4 members (excludes halogenated alkanes) is 2. The van der Waals surface area contributed by atoms with E-state index in [0.717, 1.165) is 37.1 Å². The number of benzene rings is 1. The molecular formula is C15H24N2O3. The van der Waals surface area contributed by atoms with Crippen molar-refractivity contribution in [2.45, 2.75) is 26.2 Å². The first kappa shape index (κ1) is 16.5. The normalized spacial score (nSPS) is 10.3. The maximum atomic E-state index is 11.9. The first-order valence-electron chi connectivity index (χ1n) is 7.04. The average molecular weight is 280 g/mol. The third kappa shape index (κ3) is 5.19. The number of aliphatic hydroxyl groups is 2. The second-order valence-corrected chi connectivity index (χ2v) is 4.67. The number of nitrogens with one attached hydrogen (secondary N) is 2. The Morgan fingerprint density at radius 3 is 2.60 bits per heavy atom. The van der Waals surface area contributed by atoms with Gasteiger partial charge in [-0.25, -0.2) is 0 Å². The minimum absolute atomic E-state index is 0.0619. The molecule has 1 amide bonds. The van der Waals surface area contributed by atoms with E-state index in [-0.39, 0.29) is 25.7 Å². The lowest BCUT2D eigenvalue weighted by Crippen LogP contribution is -2.27. The van der Waals surface area contributed by atoms with Gasteiger partial charge in [0.15, 0.2) is 0 Å². The molecule has 0 aliphatic heterocycles. The molecule has 1 aromatic carbocycles. The van der Waals surface area contributed by atoms with Crippen LogP contribution in [0.4, 0.5) is 5.69 Å². The Bertz CT molecular complexity index is 422. The molecule has 0 atom stereocenters. The van der Waals surface area contributed by atoms with Gasteiger partial charge in [0.25, 0.3) is 5.91 Å². The Balaban J connectivity index is 2.58. The molecule has 0 fully saturated rings. The van der Waals surface area contributed by atoms with Crippen LogP contribution in [0, 0.1) is 6.92 Å². The molecule has 112 valence electrons. The van der Waals surface area contributed by atoms with Gasteiger partial charge in [-0.15, -0.1) is 0 Å². The molecule has 20 heavy (non-hydrogen) atoms. The van der Waals surface area contributed by atoms with Crippen LogP contribution in [-0.2, 0) is 0 Å². The lowest BCUT2D eigenvalue weighted by Gasteiger charge is -2.13. The predicted octanol–water partition coefficient (Wildman–Crippen LogP) is 1.29. The SMILES string of the molecule is Cc1c(NCCCCCO)cccc1C(=O)NCCO. The minimum atomic E-state index is -0.166. The summed E-state index contributed by atoms with van der Waals surface area (Å²) >= 11 is 0. The number of carbonyl (C=O) groups excluding carboxylic acids is 1. The van der Waals surface area contributed by atoms with Crippen LogP contribution in [0.25, 0.3) is 0 Å². The fraction of sp³-hybridized carbons (Fsp3) is 0.533.